The normalized spacial score (nSPS) is 11.6. The van der Waals surface area contributed by atoms with Crippen molar-refractivity contribution in [2.24, 2.45) is 0 Å². The lowest BCUT2D eigenvalue weighted by Crippen LogP contribution is -2.07. The van der Waals surface area contributed by atoms with Gasteiger partial charge < -0.3 is 9.05 Å². The molecule has 0 saturated carbocycles. The van der Waals surface area contributed by atoms with E-state index in [1.54, 1.807) is 43.3 Å². The number of carbonyl (C=O) groups excluding carboxylic acids is 1. The molecule has 9 heteroatoms. The zero-order chi connectivity index (χ0) is 20.6. The van der Waals surface area contributed by atoms with E-state index in [0.29, 0.717) is 23.0 Å². The van der Waals surface area contributed by atoms with E-state index in [-0.39, 0.29) is 17.1 Å². The summed E-state index contributed by atoms with van der Waals surface area (Å²) in [6.07, 6.45) is -4.05. The van der Waals surface area contributed by atoms with Crippen LogP contribution >= 0.6 is 0 Å². The second kappa shape index (κ2) is 7.01. The van der Waals surface area contributed by atoms with Gasteiger partial charge in [-0.25, -0.2) is 0 Å². The summed E-state index contributed by atoms with van der Waals surface area (Å²) < 4.78 is 51.3. The minimum absolute atomic E-state index is 0.0614. The summed E-state index contributed by atoms with van der Waals surface area (Å²) in [6.45, 7) is 1.72. The summed E-state index contributed by atoms with van der Waals surface area (Å²) in [4.78, 5) is 15.0. The van der Waals surface area contributed by atoms with E-state index in [1.165, 1.54) is 12.1 Å². The van der Waals surface area contributed by atoms with Gasteiger partial charge in [0.2, 0.25) is 11.6 Å². The fourth-order valence-corrected chi connectivity index (χ4v) is 2.87. The Labute approximate surface area is 162 Å². The van der Waals surface area contributed by atoms with Crippen LogP contribution in [0.15, 0.2) is 57.6 Å². The molecule has 0 N–H and O–H groups in total. The molecule has 4 rings (SSSR count). The molecule has 0 bridgehead atoms. The maximum absolute atomic E-state index is 13.8. The van der Waals surface area contributed by atoms with Crippen molar-refractivity contribution in [3.8, 4) is 34.3 Å². The number of halogens is 3. The maximum atomic E-state index is 13.8. The van der Waals surface area contributed by atoms with Gasteiger partial charge in [0.25, 0.3) is 5.89 Å². The Morgan fingerprint density at radius 1 is 0.966 bits per heavy atom. The average molecular weight is 399 g/mol. The second-order valence-electron chi connectivity index (χ2n) is 6.21. The molecule has 0 radical (unpaired) electrons. The monoisotopic (exact) mass is 399 g/mol. The molecule has 0 saturated heterocycles. The van der Waals surface area contributed by atoms with Gasteiger partial charge in [0.1, 0.15) is 17.5 Å². The minimum atomic E-state index is -4.75. The smallest absolute Gasteiger partial charge is 0.350 e. The molecule has 0 amide bonds. The van der Waals surface area contributed by atoms with Gasteiger partial charge in [0.15, 0.2) is 0 Å². The molecule has 0 aliphatic carbocycles. The Morgan fingerprint density at radius 2 is 1.72 bits per heavy atom. The third kappa shape index (κ3) is 3.42. The molecule has 146 valence electrons. The van der Waals surface area contributed by atoms with Crippen molar-refractivity contribution in [2.75, 3.05) is 0 Å². The lowest BCUT2D eigenvalue weighted by atomic mass is 10.1. The predicted molar refractivity (Wildman–Crippen MR) is 95.8 cm³/mol. The number of nitrogens with zero attached hydrogens (tertiary/aromatic N) is 3. The highest BCUT2D eigenvalue weighted by molar-refractivity contribution is 5.79. The fourth-order valence-electron chi connectivity index (χ4n) is 2.87. The molecule has 0 aliphatic rings. The van der Waals surface area contributed by atoms with Gasteiger partial charge in [0.05, 0.1) is 0 Å². The van der Waals surface area contributed by atoms with Crippen LogP contribution in [0.5, 0.6) is 0 Å². The highest BCUT2D eigenvalue weighted by Gasteiger charge is 2.42. The van der Waals surface area contributed by atoms with Crippen LogP contribution in [0, 0.1) is 6.92 Å². The number of alkyl halides is 3. The number of aromatic nitrogens is 3. The van der Waals surface area contributed by atoms with E-state index in [2.05, 4.69) is 15.3 Å². The molecule has 29 heavy (non-hydrogen) atoms. The Bertz CT molecular complexity index is 1180. The summed E-state index contributed by atoms with van der Waals surface area (Å²) >= 11 is 0. The highest BCUT2D eigenvalue weighted by atomic mass is 19.4. The molecule has 2 heterocycles. The standard InChI is InChI=1S/C20H12F3N3O3/c1-11-9-13(7-8-14(11)10-27)18-24-19(29-26-18)17-15(20(21,22)23)16(25-28-17)12-5-3-2-4-6-12/h2-10H,1H3. The molecule has 0 spiro atoms. The van der Waals surface area contributed by atoms with Crippen LogP contribution in [0.2, 0.25) is 0 Å². The number of carbonyl (C=O) groups is 1. The number of aryl methyl sites for hydroxylation is 1. The quantitative estimate of drug-likeness (QED) is 0.439. The van der Waals surface area contributed by atoms with Crippen LogP contribution in [0.3, 0.4) is 0 Å². The van der Waals surface area contributed by atoms with Crippen LogP contribution in [0.1, 0.15) is 21.5 Å². The minimum Gasteiger partial charge on any atom is -0.350 e. The van der Waals surface area contributed by atoms with Gasteiger partial charge >= 0.3 is 6.18 Å². The van der Waals surface area contributed by atoms with E-state index in [1.807, 2.05) is 0 Å². The molecule has 2 aromatic carbocycles. The van der Waals surface area contributed by atoms with Gasteiger partial charge in [-0.15, -0.1) is 0 Å². The number of benzene rings is 2. The summed E-state index contributed by atoms with van der Waals surface area (Å²) in [5.41, 5.74) is 0.435. The molecule has 0 aliphatic heterocycles. The highest BCUT2D eigenvalue weighted by Crippen LogP contribution is 2.43. The molecular formula is C20H12F3N3O3. The van der Waals surface area contributed by atoms with E-state index in [4.69, 9.17) is 9.05 Å². The van der Waals surface area contributed by atoms with Crippen LogP contribution in [-0.4, -0.2) is 21.6 Å². The zero-order valence-electron chi connectivity index (χ0n) is 14.9. The summed E-state index contributed by atoms with van der Waals surface area (Å²) in [5, 5.41) is 7.32. The summed E-state index contributed by atoms with van der Waals surface area (Å²) in [5.74, 6) is -1.04. The van der Waals surface area contributed by atoms with Gasteiger partial charge in [-0.05, 0) is 18.6 Å². The second-order valence-corrected chi connectivity index (χ2v) is 6.21. The van der Waals surface area contributed by atoms with Crippen molar-refractivity contribution in [1.29, 1.82) is 0 Å². The molecule has 0 atom stereocenters. The Kier molecular flexibility index (Phi) is 4.50. The van der Waals surface area contributed by atoms with E-state index in [0.717, 1.165) is 0 Å². The first-order valence-electron chi connectivity index (χ1n) is 8.41. The Balaban J connectivity index is 1.80. The van der Waals surface area contributed by atoms with Crippen molar-refractivity contribution in [3.05, 3.63) is 65.2 Å². The fraction of sp³-hybridized carbons (Fsp3) is 0.100. The third-order valence-corrected chi connectivity index (χ3v) is 4.30. The first-order valence-corrected chi connectivity index (χ1v) is 8.41. The van der Waals surface area contributed by atoms with E-state index < -0.39 is 23.4 Å². The largest absolute Gasteiger partial charge is 0.422 e. The van der Waals surface area contributed by atoms with Crippen molar-refractivity contribution in [2.45, 2.75) is 13.1 Å². The van der Waals surface area contributed by atoms with Crippen LogP contribution in [0.4, 0.5) is 13.2 Å². The first-order chi connectivity index (χ1) is 13.9. The molecule has 2 aromatic heterocycles. The van der Waals surface area contributed by atoms with Crippen LogP contribution in [0.25, 0.3) is 34.3 Å². The van der Waals surface area contributed by atoms with Crippen LogP contribution in [-0.2, 0) is 6.18 Å². The molecule has 6 nitrogen and oxygen atoms in total. The lowest BCUT2D eigenvalue weighted by Gasteiger charge is -2.06. The van der Waals surface area contributed by atoms with Crippen molar-refractivity contribution < 1.29 is 27.0 Å². The summed E-state index contributed by atoms with van der Waals surface area (Å²) in [6, 6.07) is 12.6. The Morgan fingerprint density at radius 3 is 2.38 bits per heavy atom. The van der Waals surface area contributed by atoms with E-state index in [9.17, 15) is 18.0 Å². The first kappa shape index (κ1) is 18.6. The molecule has 0 fully saturated rings. The molecule has 0 unspecified atom stereocenters. The third-order valence-electron chi connectivity index (χ3n) is 4.30. The van der Waals surface area contributed by atoms with Gasteiger partial charge in [-0.2, -0.15) is 18.2 Å². The van der Waals surface area contributed by atoms with Crippen molar-refractivity contribution in [3.63, 3.8) is 0 Å². The maximum Gasteiger partial charge on any atom is 0.422 e. The number of hydrogen-bond acceptors (Lipinski definition) is 6. The number of hydrogen-bond donors (Lipinski definition) is 0. The summed E-state index contributed by atoms with van der Waals surface area (Å²) in [7, 11) is 0. The van der Waals surface area contributed by atoms with E-state index >= 15 is 0 Å². The van der Waals surface area contributed by atoms with Gasteiger partial charge in [0, 0.05) is 16.7 Å². The zero-order valence-corrected chi connectivity index (χ0v) is 14.9. The number of aldehydes is 1. The predicted octanol–water partition coefficient (Wildman–Crippen LogP) is 5.20. The molecular weight excluding hydrogens is 387 g/mol. The van der Waals surface area contributed by atoms with Crippen LogP contribution < -0.4 is 0 Å². The lowest BCUT2D eigenvalue weighted by molar-refractivity contribution is -0.136. The SMILES string of the molecule is Cc1cc(-c2noc(-c3onc(-c4ccccc4)c3C(F)(F)F)n2)ccc1C=O. The van der Waals surface area contributed by atoms with Gasteiger partial charge in [-0.3, -0.25) is 4.79 Å². The van der Waals surface area contributed by atoms with Crippen molar-refractivity contribution in [1.82, 2.24) is 15.3 Å². The van der Waals surface area contributed by atoms with Gasteiger partial charge in [-0.1, -0.05) is 52.8 Å². The average Bonchev–Trinajstić information content (AvgIpc) is 3.35. The van der Waals surface area contributed by atoms with Crippen molar-refractivity contribution >= 4 is 6.29 Å². The molecule has 4 aromatic rings. The topological polar surface area (TPSA) is 82.0 Å². The number of rotatable bonds is 4. The Hall–Kier alpha value is -3.75.